The minimum Gasteiger partial charge on any atom is -0.504 e. The molecule has 0 saturated heterocycles. The van der Waals surface area contributed by atoms with Gasteiger partial charge in [0.1, 0.15) is 0 Å². The molecule has 0 amide bonds. The van der Waals surface area contributed by atoms with Gasteiger partial charge in [0, 0.05) is 5.56 Å². The Hall–Kier alpha value is -1.26. The van der Waals surface area contributed by atoms with Gasteiger partial charge in [0.15, 0.2) is 11.5 Å². The first kappa shape index (κ1) is 11.8. The molecule has 0 radical (unpaired) electrons. The van der Waals surface area contributed by atoms with Gasteiger partial charge in [0.25, 0.3) is 0 Å². The first-order valence-corrected chi connectivity index (χ1v) is 4.76. The van der Waals surface area contributed by atoms with E-state index >= 15 is 0 Å². The smallest absolute Gasteiger partial charge is 0.165 e. The molecule has 0 fully saturated rings. The van der Waals surface area contributed by atoms with Crippen molar-refractivity contribution in [3.63, 3.8) is 0 Å². The van der Waals surface area contributed by atoms with E-state index in [2.05, 4.69) is 0 Å². The Labute approximate surface area is 89.3 Å². The third-order valence-corrected chi connectivity index (χ3v) is 2.60. The number of benzene rings is 1. The summed E-state index contributed by atoms with van der Waals surface area (Å²) in [6, 6.07) is 1.29. The second-order valence-corrected chi connectivity index (χ2v) is 3.58. The van der Waals surface area contributed by atoms with Crippen LogP contribution in [0.1, 0.15) is 22.7 Å². The number of ether oxygens (including phenoxy) is 1. The molecule has 0 aromatic heterocycles. The Kier molecular flexibility index (Phi) is 3.55. The van der Waals surface area contributed by atoms with E-state index < -0.39 is 6.04 Å². The first-order valence-electron chi connectivity index (χ1n) is 4.76. The van der Waals surface area contributed by atoms with Crippen molar-refractivity contribution in [2.45, 2.75) is 19.9 Å². The van der Waals surface area contributed by atoms with Gasteiger partial charge < -0.3 is 20.7 Å². The van der Waals surface area contributed by atoms with E-state index in [4.69, 9.17) is 15.6 Å². The van der Waals surface area contributed by atoms with Crippen LogP contribution in [-0.4, -0.2) is 23.9 Å². The van der Waals surface area contributed by atoms with Crippen LogP contribution in [-0.2, 0) is 0 Å². The van der Waals surface area contributed by atoms with Crippen LogP contribution in [0, 0.1) is 13.8 Å². The van der Waals surface area contributed by atoms with Gasteiger partial charge in [-0.25, -0.2) is 0 Å². The normalized spacial score (nSPS) is 12.6. The highest BCUT2D eigenvalue weighted by molar-refractivity contribution is 5.54. The topological polar surface area (TPSA) is 75.7 Å². The molecule has 1 aromatic carbocycles. The Morgan fingerprint density at radius 2 is 2.07 bits per heavy atom. The van der Waals surface area contributed by atoms with Crippen molar-refractivity contribution >= 4 is 0 Å². The second-order valence-electron chi connectivity index (χ2n) is 3.58. The van der Waals surface area contributed by atoms with Gasteiger partial charge in [-0.1, -0.05) is 6.07 Å². The van der Waals surface area contributed by atoms with E-state index in [1.165, 1.54) is 7.11 Å². The third-order valence-electron chi connectivity index (χ3n) is 2.60. The molecule has 0 heterocycles. The average molecular weight is 211 g/mol. The standard InChI is InChI=1S/C11H17NO3/c1-6-4-8(9(12)5-13)11(15-3)10(14)7(6)2/h4,9,13-14H,5,12H2,1-3H3. The zero-order valence-corrected chi connectivity index (χ0v) is 9.24. The maximum Gasteiger partial charge on any atom is 0.165 e. The van der Waals surface area contributed by atoms with Gasteiger partial charge in [-0.05, 0) is 25.0 Å². The number of hydrogen-bond acceptors (Lipinski definition) is 4. The van der Waals surface area contributed by atoms with E-state index in [9.17, 15) is 5.11 Å². The maximum absolute atomic E-state index is 9.84. The lowest BCUT2D eigenvalue weighted by molar-refractivity contribution is 0.263. The van der Waals surface area contributed by atoms with Crippen LogP contribution in [0.15, 0.2) is 6.07 Å². The minimum atomic E-state index is -0.537. The van der Waals surface area contributed by atoms with Crippen LogP contribution in [0.2, 0.25) is 0 Å². The van der Waals surface area contributed by atoms with Crippen LogP contribution >= 0.6 is 0 Å². The van der Waals surface area contributed by atoms with Crippen LogP contribution < -0.4 is 10.5 Å². The summed E-state index contributed by atoms with van der Waals surface area (Å²) in [6.07, 6.45) is 0. The molecule has 84 valence electrons. The third kappa shape index (κ3) is 2.06. The van der Waals surface area contributed by atoms with Crippen LogP contribution in [0.25, 0.3) is 0 Å². The Bertz CT molecular complexity index is 363. The zero-order chi connectivity index (χ0) is 11.6. The lowest BCUT2D eigenvalue weighted by atomic mass is 9.99. The highest BCUT2D eigenvalue weighted by Gasteiger charge is 2.17. The van der Waals surface area contributed by atoms with Gasteiger partial charge in [-0.15, -0.1) is 0 Å². The average Bonchev–Trinajstić information content (AvgIpc) is 2.24. The fourth-order valence-corrected chi connectivity index (χ4v) is 1.49. The molecule has 4 heteroatoms. The summed E-state index contributed by atoms with van der Waals surface area (Å²) in [5.74, 6) is 0.441. The van der Waals surface area contributed by atoms with Crippen molar-refractivity contribution in [2.75, 3.05) is 13.7 Å². The zero-order valence-electron chi connectivity index (χ0n) is 9.24. The number of aromatic hydroxyl groups is 1. The van der Waals surface area contributed by atoms with Crippen molar-refractivity contribution < 1.29 is 14.9 Å². The Balaban J connectivity index is 3.38. The molecule has 4 N–H and O–H groups in total. The highest BCUT2D eigenvalue weighted by Crippen LogP contribution is 2.37. The number of aliphatic hydroxyl groups excluding tert-OH is 1. The van der Waals surface area contributed by atoms with E-state index in [0.29, 0.717) is 11.3 Å². The fourth-order valence-electron chi connectivity index (χ4n) is 1.49. The van der Waals surface area contributed by atoms with Crippen molar-refractivity contribution in [2.24, 2.45) is 5.73 Å². The van der Waals surface area contributed by atoms with E-state index in [1.54, 1.807) is 6.92 Å². The molecule has 1 aromatic rings. The molecule has 4 nitrogen and oxygen atoms in total. The quantitative estimate of drug-likeness (QED) is 0.697. The molecule has 0 saturated carbocycles. The van der Waals surface area contributed by atoms with E-state index in [1.807, 2.05) is 13.0 Å². The Morgan fingerprint density at radius 1 is 1.47 bits per heavy atom. The van der Waals surface area contributed by atoms with Crippen molar-refractivity contribution in [3.05, 3.63) is 22.8 Å². The Morgan fingerprint density at radius 3 is 2.53 bits per heavy atom. The molecule has 1 rings (SSSR count). The van der Waals surface area contributed by atoms with Crippen LogP contribution in [0.3, 0.4) is 0 Å². The number of phenolic OH excluding ortho intramolecular Hbond substituents is 1. The predicted octanol–water partition coefficient (Wildman–Crippen LogP) is 1.01. The molecule has 0 aliphatic rings. The van der Waals surface area contributed by atoms with Gasteiger partial charge in [-0.2, -0.15) is 0 Å². The number of aliphatic hydroxyl groups is 1. The summed E-state index contributed by atoms with van der Waals surface area (Å²) >= 11 is 0. The number of nitrogens with two attached hydrogens (primary N) is 1. The number of phenols is 1. The van der Waals surface area contributed by atoms with Crippen LogP contribution in [0.5, 0.6) is 11.5 Å². The molecule has 0 aliphatic heterocycles. The maximum atomic E-state index is 9.84. The second kappa shape index (κ2) is 4.51. The fraction of sp³-hybridized carbons (Fsp3) is 0.455. The summed E-state index contributed by atoms with van der Waals surface area (Å²) in [5, 5.41) is 18.8. The molecule has 0 aliphatic carbocycles. The summed E-state index contributed by atoms with van der Waals surface area (Å²) in [6.45, 7) is 3.50. The lowest BCUT2D eigenvalue weighted by Gasteiger charge is -2.17. The summed E-state index contributed by atoms with van der Waals surface area (Å²) in [5.41, 5.74) is 8.03. The lowest BCUT2D eigenvalue weighted by Crippen LogP contribution is -2.16. The summed E-state index contributed by atoms with van der Waals surface area (Å²) in [4.78, 5) is 0. The van der Waals surface area contributed by atoms with Gasteiger partial charge >= 0.3 is 0 Å². The van der Waals surface area contributed by atoms with E-state index in [0.717, 1.165) is 11.1 Å². The van der Waals surface area contributed by atoms with Gasteiger partial charge in [0.2, 0.25) is 0 Å². The molecule has 15 heavy (non-hydrogen) atoms. The molecular weight excluding hydrogens is 194 g/mol. The van der Waals surface area contributed by atoms with Crippen LogP contribution in [0.4, 0.5) is 0 Å². The largest absolute Gasteiger partial charge is 0.504 e. The molecular formula is C11H17NO3. The van der Waals surface area contributed by atoms with Crippen molar-refractivity contribution in [1.29, 1.82) is 0 Å². The first-order chi connectivity index (χ1) is 7.02. The van der Waals surface area contributed by atoms with Crippen molar-refractivity contribution in [3.8, 4) is 11.5 Å². The molecule has 1 atom stereocenters. The molecule has 0 bridgehead atoms. The van der Waals surface area contributed by atoms with Crippen molar-refractivity contribution in [1.82, 2.24) is 0 Å². The van der Waals surface area contributed by atoms with E-state index in [-0.39, 0.29) is 12.4 Å². The number of rotatable bonds is 3. The number of hydrogen-bond donors (Lipinski definition) is 3. The minimum absolute atomic E-state index is 0.0939. The molecule has 1 unspecified atom stereocenters. The monoisotopic (exact) mass is 211 g/mol. The summed E-state index contributed by atoms with van der Waals surface area (Å²) < 4.78 is 5.09. The SMILES string of the molecule is COc1c(C(N)CO)cc(C)c(C)c1O. The van der Waals surface area contributed by atoms with Gasteiger partial charge in [-0.3, -0.25) is 0 Å². The number of methoxy groups -OCH3 is 1. The highest BCUT2D eigenvalue weighted by atomic mass is 16.5. The summed E-state index contributed by atoms with van der Waals surface area (Å²) in [7, 11) is 1.47. The number of aryl methyl sites for hydroxylation is 1. The van der Waals surface area contributed by atoms with Gasteiger partial charge in [0.05, 0.1) is 19.8 Å². The molecule has 0 spiro atoms. The predicted molar refractivity (Wildman–Crippen MR) is 58.1 cm³/mol.